The quantitative estimate of drug-likeness (QED) is 0.463. The third-order valence-electron chi connectivity index (χ3n) is 4.84. The van der Waals surface area contributed by atoms with Gasteiger partial charge in [0, 0.05) is 0 Å². The Morgan fingerprint density at radius 3 is 2.00 bits per heavy atom. The molecule has 0 heterocycles. The molecule has 5 fully saturated rings. The van der Waals surface area contributed by atoms with Crippen LogP contribution in [0.3, 0.4) is 0 Å². The number of hydrogen-bond donors (Lipinski definition) is 0. The van der Waals surface area contributed by atoms with Crippen molar-refractivity contribution in [1.29, 1.82) is 0 Å². The Kier molecular flexibility index (Phi) is 0.470. The van der Waals surface area contributed by atoms with Gasteiger partial charge < -0.3 is 0 Å². The molecule has 0 N–H and O–H groups in total. The molecule has 0 saturated heterocycles. The van der Waals surface area contributed by atoms with Gasteiger partial charge in [0.15, 0.2) is 0 Å². The average molecular weight is 122 g/mol. The van der Waals surface area contributed by atoms with Crippen molar-refractivity contribution in [2.24, 2.45) is 22.7 Å². The Bertz CT molecular complexity index is 178. The van der Waals surface area contributed by atoms with Gasteiger partial charge in [-0.2, -0.15) is 0 Å². The van der Waals surface area contributed by atoms with Gasteiger partial charge in [0.1, 0.15) is 0 Å². The van der Waals surface area contributed by atoms with Crippen LogP contribution in [0.2, 0.25) is 0 Å². The molecule has 0 aliphatic heterocycles. The van der Waals surface area contributed by atoms with Gasteiger partial charge in [-0.3, -0.25) is 0 Å². The summed E-state index contributed by atoms with van der Waals surface area (Å²) in [7, 11) is 0. The van der Waals surface area contributed by atoms with Crippen molar-refractivity contribution >= 4 is 0 Å². The second-order valence-corrected chi connectivity index (χ2v) is 4.96. The van der Waals surface area contributed by atoms with Crippen molar-refractivity contribution in [3.63, 3.8) is 0 Å². The van der Waals surface area contributed by atoms with Gasteiger partial charge in [-0.15, -0.1) is 0 Å². The maximum Gasteiger partial charge on any atom is -0.0238 e. The summed E-state index contributed by atoms with van der Waals surface area (Å²) in [6, 6.07) is 0. The fourth-order valence-corrected chi connectivity index (χ4v) is 3.98. The molecule has 0 radical (unpaired) electrons. The summed E-state index contributed by atoms with van der Waals surface area (Å²) < 4.78 is 0. The topological polar surface area (TPSA) is 0 Å². The Morgan fingerprint density at radius 2 is 1.89 bits per heavy atom. The molecule has 5 saturated carbocycles. The molecule has 9 heavy (non-hydrogen) atoms. The van der Waals surface area contributed by atoms with Gasteiger partial charge >= 0.3 is 0 Å². The Labute approximate surface area is 56.6 Å². The molecule has 0 amide bonds. The van der Waals surface area contributed by atoms with Crippen LogP contribution in [0.1, 0.15) is 33.1 Å². The van der Waals surface area contributed by atoms with E-state index in [1.807, 2.05) is 0 Å². The lowest BCUT2D eigenvalue weighted by molar-refractivity contribution is -0.129. The molecule has 5 aliphatic carbocycles. The SMILES string of the molecule is CC12CC3CC1(C)C3C2. The van der Waals surface area contributed by atoms with Crippen LogP contribution in [0.15, 0.2) is 0 Å². The van der Waals surface area contributed by atoms with E-state index in [2.05, 4.69) is 13.8 Å². The van der Waals surface area contributed by atoms with Gasteiger partial charge in [-0.05, 0) is 41.9 Å². The Balaban J connectivity index is 2.14. The molecule has 4 bridgehead atoms. The Morgan fingerprint density at radius 1 is 1.11 bits per heavy atom. The molecular formula is C9H14. The van der Waals surface area contributed by atoms with Crippen LogP contribution < -0.4 is 0 Å². The molecule has 4 unspecified atom stereocenters. The molecule has 0 aromatic heterocycles. The molecule has 0 spiro atoms. The van der Waals surface area contributed by atoms with E-state index < -0.39 is 0 Å². The van der Waals surface area contributed by atoms with Crippen LogP contribution >= 0.6 is 0 Å². The van der Waals surface area contributed by atoms with Crippen molar-refractivity contribution in [1.82, 2.24) is 0 Å². The molecule has 5 aliphatic rings. The molecule has 0 heteroatoms. The summed E-state index contributed by atoms with van der Waals surface area (Å²) >= 11 is 0. The molecule has 5 rings (SSSR count). The Hall–Kier alpha value is 0. The minimum atomic E-state index is 0.808. The highest BCUT2D eigenvalue weighted by atomic mass is 14.8. The fraction of sp³-hybridized carbons (Fsp3) is 1.00. The molecule has 4 atom stereocenters. The van der Waals surface area contributed by atoms with E-state index in [1.54, 1.807) is 19.3 Å². The van der Waals surface area contributed by atoms with Crippen molar-refractivity contribution in [2.75, 3.05) is 0 Å². The summed E-state index contributed by atoms with van der Waals surface area (Å²) in [4.78, 5) is 0. The van der Waals surface area contributed by atoms with Gasteiger partial charge in [-0.1, -0.05) is 13.8 Å². The maximum atomic E-state index is 2.50. The van der Waals surface area contributed by atoms with Gasteiger partial charge in [0.2, 0.25) is 0 Å². The summed E-state index contributed by atoms with van der Waals surface area (Å²) in [6.45, 7) is 5.00. The fourth-order valence-electron chi connectivity index (χ4n) is 3.98. The summed E-state index contributed by atoms with van der Waals surface area (Å²) in [5, 5.41) is 0. The van der Waals surface area contributed by atoms with E-state index in [0.717, 1.165) is 10.8 Å². The molecule has 0 aromatic carbocycles. The van der Waals surface area contributed by atoms with Crippen LogP contribution in [0.25, 0.3) is 0 Å². The zero-order valence-electron chi connectivity index (χ0n) is 6.28. The minimum absolute atomic E-state index is 0.808. The molecule has 0 nitrogen and oxygen atoms in total. The normalized spacial score (nSPS) is 75.3. The predicted molar refractivity (Wildman–Crippen MR) is 37.0 cm³/mol. The second-order valence-electron chi connectivity index (χ2n) is 4.96. The van der Waals surface area contributed by atoms with Crippen molar-refractivity contribution in [3.05, 3.63) is 0 Å². The van der Waals surface area contributed by atoms with E-state index in [0.29, 0.717) is 0 Å². The second kappa shape index (κ2) is 0.889. The van der Waals surface area contributed by atoms with E-state index in [-0.39, 0.29) is 0 Å². The third kappa shape index (κ3) is 0.249. The van der Waals surface area contributed by atoms with Crippen LogP contribution in [0.5, 0.6) is 0 Å². The van der Waals surface area contributed by atoms with E-state index >= 15 is 0 Å². The van der Waals surface area contributed by atoms with Gasteiger partial charge in [0.05, 0.1) is 0 Å². The van der Waals surface area contributed by atoms with E-state index in [9.17, 15) is 0 Å². The number of hydrogen-bond acceptors (Lipinski definition) is 0. The molecular weight excluding hydrogens is 108 g/mol. The largest absolute Gasteiger partial charge is 0.0591 e. The smallest absolute Gasteiger partial charge is 0.0238 e. The van der Waals surface area contributed by atoms with Gasteiger partial charge in [-0.25, -0.2) is 0 Å². The third-order valence-corrected chi connectivity index (χ3v) is 4.84. The first-order valence-electron chi connectivity index (χ1n) is 4.16. The summed E-state index contributed by atoms with van der Waals surface area (Å²) in [5.74, 6) is 2.34. The predicted octanol–water partition coefficient (Wildman–Crippen LogP) is 2.44. The van der Waals surface area contributed by atoms with E-state index in [4.69, 9.17) is 0 Å². The zero-order valence-corrected chi connectivity index (χ0v) is 6.28. The minimum Gasteiger partial charge on any atom is -0.0591 e. The standard InChI is InChI=1S/C9H14/c1-8-3-6-4-9(8,2)7(6)5-8/h6-7H,3-5H2,1-2H3. The zero-order chi connectivity index (χ0) is 6.28. The van der Waals surface area contributed by atoms with Crippen LogP contribution in [-0.2, 0) is 0 Å². The van der Waals surface area contributed by atoms with Crippen LogP contribution in [0, 0.1) is 22.7 Å². The lowest BCUT2D eigenvalue weighted by Crippen LogP contribution is -2.54. The highest BCUT2D eigenvalue weighted by Crippen LogP contribution is 2.83. The highest BCUT2D eigenvalue weighted by Gasteiger charge is 2.75. The first-order valence-corrected chi connectivity index (χ1v) is 4.16. The molecule has 50 valence electrons. The highest BCUT2D eigenvalue weighted by molar-refractivity contribution is 5.24. The average Bonchev–Trinajstić information content (AvgIpc) is 2.25. The lowest BCUT2D eigenvalue weighted by Gasteiger charge is -2.61. The number of rotatable bonds is 0. The van der Waals surface area contributed by atoms with E-state index in [1.165, 1.54) is 11.8 Å². The first kappa shape index (κ1) is 4.76. The van der Waals surface area contributed by atoms with Crippen molar-refractivity contribution in [2.45, 2.75) is 33.1 Å². The summed E-state index contributed by atoms with van der Waals surface area (Å²) in [5.41, 5.74) is 1.64. The van der Waals surface area contributed by atoms with Crippen molar-refractivity contribution in [3.8, 4) is 0 Å². The lowest BCUT2D eigenvalue weighted by atomic mass is 9.43. The monoisotopic (exact) mass is 122 g/mol. The van der Waals surface area contributed by atoms with Crippen molar-refractivity contribution < 1.29 is 0 Å². The van der Waals surface area contributed by atoms with Crippen LogP contribution in [-0.4, -0.2) is 0 Å². The van der Waals surface area contributed by atoms with Gasteiger partial charge in [0.25, 0.3) is 0 Å². The molecule has 0 aromatic rings. The first-order chi connectivity index (χ1) is 4.16. The maximum absolute atomic E-state index is 2.50. The summed E-state index contributed by atoms with van der Waals surface area (Å²) in [6.07, 6.45) is 4.69. The van der Waals surface area contributed by atoms with Crippen LogP contribution in [0.4, 0.5) is 0 Å².